The number of carboxylic acids is 1. The molecule has 2 N–H and O–H groups in total. The van der Waals surface area contributed by atoms with Crippen molar-refractivity contribution in [1.82, 2.24) is 0 Å². The zero-order chi connectivity index (χ0) is 7.44. The Kier molecular flexibility index (Phi) is 2.66. The van der Waals surface area contributed by atoms with Crippen LogP contribution in [0.25, 0.3) is 0 Å². The molecule has 0 aromatic rings. The Labute approximate surface area is 50.5 Å². The van der Waals surface area contributed by atoms with Gasteiger partial charge in [0, 0.05) is 0 Å². The normalized spacial score (nSPS) is 12.6. The standard InChI is InChI=1S/C4H5O5/c5-2(4(8)9)1-3(6)7/h2,5H,1H2,(H,6,7)/t2-/m1/s1. The van der Waals surface area contributed by atoms with Crippen LogP contribution >= 0.6 is 0 Å². The lowest BCUT2D eigenvalue weighted by Gasteiger charge is -1.95. The van der Waals surface area contributed by atoms with Gasteiger partial charge in [0.2, 0.25) is 0 Å². The van der Waals surface area contributed by atoms with E-state index in [9.17, 15) is 14.7 Å². The molecule has 51 valence electrons. The van der Waals surface area contributed by atoms with Crippen LogP contribution in [-0.4, -0.2) is 28.3 Å². The molecule has 5 nitrogen and oxygen atoms in total. The summed E-state index contributed by atoms with van der Waals surface area (Å²) in [6.07, 6.45) is -2.72. The van der Waals surface area contributed by atoms with Gasteiger partial charge >= 0.3 is 11.9 Å². The monoisotopic (exact) mass is 133 g/mol. The number of carbonyl (C=O) groups excluding carboxylic acids is 1. The Balaban J connectivity index is 3.63. The molecule has 9 heavy (non-hydrogen) atoms. The first-order valence-corrected chi connectivity index (χ1v) is 2.14. The van der Waals surface area contributed by atoms with Gasteiger partial charge < -0.3 is 10.2 Å². The molecule has 0 aliphatic carbocycles. The summed E-state index contributed by atoms with van der Waals surface area (Å²) in [5.74, 6) is -3.14. The molecule has 0 aromatic carbocycles. The molecule has 0 saturated heterocycles. The second-order valence-corrected chi connectivity index (χ2v) is 1.43. The fourth-order valence-electron chi connectivity index (χ4n) is 0.249. The van der Waals surface area contributed by atoms with Crippen molar-refractivity contribution in [3.63, 3.8) is 0 Å². The number of aliphatic carboxylic acids is 1. The van der Waals surface area contributed by atoms with E-state index in [4.69, 9.17) is 10.2 Å². The topological polar surface area (TPSA) is 94.5 Å². The average Bonchev–Trinajstić information content (AvgIpc) is 1.63. The predicted molar refractivity (Wildman–Crippen MR) is 24.0 cm³/mol. The highest BCUT2D eigenvalue weighted by Crippen LogP contribution is 1.90. The molecule has 0 unspecified atom stereocenters. The third-order valence-corrected chi connectivity index (χ3v) is 0.640. The minimum atomic E-state index is -1.90. The minimum Gasteiger partial charge on any atom is -0.481 e. The summed E-state index contributed by atoms with van der Waals surface area (Å²) in [5.41, 5.74) is 0. The van der Waals surface area contributed by atoms with Gasteiger partial charge in [0.15, 0.2) is 6.10 Å². The van der Waals surface area contributed by atoms with Gasteiger partial charge in [-0.2, -0.15) is 0 Å². The second-order valence-electron chi connectivity index (χ2n) is 1.43. The molecule has 0 bridgehead atoms. The fourth-order valence-corrected chi connectivity index (χ4v) is 0.249. The number of rotatable bonds is 3. The molecule has 1 radical (unpaired) electrons. The Morgan fingerprint density at radius 1 is 1.44 bits per heavy atom. The third-order valence-electron chi connectivity index (χ3n) is 0.640. The molecule has 0 heterocycles. The van der Waals surface area contributed by atoms with Crippen LogP contribution in [0.2, 0.25) is 0 Å². The van der Waals surface area contributed by atoms with Gasteiger partial charge in [-0.25, -0.2) is 9.90 Å². The lowest BCUT2D eigenvalue weighted by atomic mass is 10.3. The quantitative estimate of drug-likeness (QED) is 0.504. The molecule has 0 saturated carbocycles. The second kappa shape index (κ2) is 3.03. The van der Waals surface area contributed by atoms with E-state index in [-0.39, 0.29) is 0 Å². The molecule has 0 amide bonds. The van der Waals surface area contributed by atoms with E-state index in [1.165, 1.54) is 0 Å². The Bertz CT molecular complexity index is 129. The Hall–Kier alpha value is -1.10. The number of hydrogen-bond donors (Lipinski definition) is 2. The number of aliphatic hydroxyl groups is 1. The van der Waals surface area contributed by atoms with Crippen molar-refractivity contribution in [2.24, 2.45) is 0 Å². The van der Waals surface area contributed by atoms with Crippen LogP contribution in [0.15, 0.2) is 0 Å². The average molecular weight is 133 g/mol. The van der Waals surface area contributed by atoms with Gasteiger partial charge in [-0.3, -0.25) is 4.79 Å². The molecule has 0 aliphatic rings. The SMILES string of the molecule is [O]C(=O)[C@H](O)CC(=O)O. The number of hydrogen-bond acceptors (Lipinski definition) is 3. The maximum Gasteiger partial charge on any atom is 0.384 e. The Morgan fingerprint density at radius 3 is 2.00 bits per heavy atom. The summed E-state index contributed by atoms with van der Waals surface area (Å²) in [6, 6.07) is 0. The molecular weight excluding hydrogens is 128 g/mol. The molecular formula is C4H5O5. The van der Waals surface area contributed by atoms with Crippen molar-refractivity contribution in [2.75, 3.05) is 0 Å². The van der Waals surface area contributed by atoms with E-state index in [1.54, 1.807) is 0 Å². The Morgan fingerprint density at radius 2 is 1.89 bits per heavy atom. The van der Waals surface area contributed by atoms with E-state index >= 15 is 0 Å². The van der Waals surface area contributed by atoms with Crippen molar-refractivity contribution < 1.29 is 24.9 Å². The zero-order valence-corrected chi connectivity index (χ0v) is 4.40. The number of carboxylic acid groups (broad SMARTS) is 1. The predicted octanol–water partition coefficient (Wildman–Crippen LogP) is -1.22. The van der Waals surface area contributed by atoms with Gasteiger partial charge in [-0.05, 0) is 0 Å². The molecule has 0 spiro atoms. The lowest BCUT2D eigenvalue weighted by molar-refractivity contribution is -0.157. The van der Waals surface area contributed by atoms with Crippen LogP contribution in [-0.2, 0) is 14.7 Å². The van der Waals surface area contributed by atoms with Gasteiger partial charge in [0.25, 0.3) is 0 Å². The summed E-state index contributed by atoms with van der Waals surface area (Å²) in [5, 5.41) is 25.7. The van der Waals surface area contributed by atoms with E-state index in [0.717, 1.165) is 0 Å². The van der Waals surface area contributed by atoms with E-state index < -0.39 is 24.5 Å². The zero-order valence-electron chi connectivity index (χ0n) is 4.40. The lowest BCUT2D eigenvalue weighted by Crippen LogP contribution is -2.21. The summed E-state index contributed by atoms with van der Waals surface area (Å²) in [7, 11) is 0. The van der Waals surface area contributed by atoms with Gasteiger partial charge in [0.1, 0.15) is 0 Å². The van der Waals surface area contributed by atoms with Crippen LogP contribution in [0, 0.1) is 0 Å². The fraction of sp³-hybridized carbons (Fsp3) is 0.500. The maximum atomic E-state index is 9.66. The van der Waals surface area contributed by atoms with Gasteiger partial charge in [-0.15, -0.1) is 0 Å². The summed E-state index contributed by atoms with van der Waals surface area (Å²) in [6.45, 7) is 0. The van der Waals surface area contributed by atoms with Crippen LogP contribution in [0.5, 0.6) is 0 Å². The van der Waals surface area contributed by atoms with Crippen molar-refractivity contribution >= 4 is 11.9 Å². The van der Waals surface area contributed by atoms with Crippen LogP contribution in [0.4, 0.5) is 0 Å². The smallest absolute Gasteiger partial charge is 0.384 e. The van der Waals surface area contributed by atoms with Crippen molar-refractivity contribution in [3.8, 4) is 0 Å². The largest absolute Gasteiger partial charge is 0.481 e. The summed E-state index contributed by atoms with van der Waals surface area (Å²) in [4.78, 5) is 19.3. The number of aliphatic hydroxyl groups excluding tert-OH is 1. The first-order valence-electron chi connectivity index (χ1n) is 2.14. The highest BCUT2D eigenvalue weighted by molar-refractivity contribution is 5.78. The summed E-state index contributed by atoms with van der Waals surface area (Å²) >= 11 is 0. The van der Waals surface area contributed by atoms with Crippen molar-refractivity contribution in [1.29, 1.82) is 0 Å². The van der Waals surface area contributed by atoms with Crippen LogP contribution in [0.1, 0.15) is 6.42 Å². The van der Waals surface area contributed by atoms with E-state index in [0.29, 0.717) is 0 Å². The van der Waals surface area contributed by atoms with Crippen LogP contribution in [0.3, 0.4) is 0 Å². The maximum absolute atomic E-state index is 9.66. The van der Waals surface area contributed by atoms with Crippen molar-refractivity contribution in [3.05, 3.63) is 0 Å². The first kappa shape index (κ1) is 7.90. The van der Waals surface area contributed by atoms with Crippen molar-refractivity contribution in [2.45, 2.75) is 12.5 Å². The van der Waals surface area contributed by atoms with Gasteiger partial charge in [0.05, 0.1) is 6.42 Å². The van der Waals surface area contributed by atoms with E-state index in [2.05, 4.69) is 0 Å². The molecule has 0 aliphatic heterocycles. The first-order chi connectivity index (χ1) is 4.04. The summed E-state index contributed by atoms with van der Waals surface area (Å²) < 4.78 is 0. The number of carbonyl (C=O) groups is 2. The highest BCUT2D eigenvalue weighted by Gasteiger charge is 2.18. The molecule has 0 rings (SSSR count). The highest BCUT2D eigenvalue weighted by atomic mass is 16.4. The molecule has 0 aromatic heterocycles. The van der Waals surface area contributed by atoms with Gasteiger partial charge in [-0.1, -0.05) is 0 Å². The van der Waals surface area contributed by atoms with E-state index in [1.807, 2.05) is 0 Å². The minimum absolute atomic E-state index is 0.817. The molecule has 1 atom stereocenters. The third kappa shape index (κ3) is 3.48. The molecule has 5 heteroatoms. The van der Waals surface area contributed by atoms with Crippen LogP contribution < -0.4 is 0 Å². The molecule has 0 fully saturated rings.